The maximum atomic E-state index is 5.13. The van der Waals surface area contributed by atoms with Crippen LogP contribution in [0.1, 0.15) is 11.3 Å². The van der Waals surface area contributed by atoms with E-state index >= 15 is 0 Å². The SMILES string of the molecule is COc1ccc(CN=C2C=Nc3nc[nH]c3C2)cc1. The first-order valence-electron chi connectivity index (χ1n) is 6.08. The molecular weight excluding hydrogens is 240 g/mol. The molecule has 0 atom stereocenters. The first-order valence-corrected chi connectivity index (χ1v) is 6.08. The maximum absolute atomic E-state index is 5.13. The summed E-state index contributed by atoms with van der Waals surface area (Å²) < 4.78 is 5.13. The largest absolute Gasteiger partial charge is 0.497 e. The lowest BCUT2D eigenvalue weighted by atomic mass is 10.1. The van der Waals surface area contributed by atoms with Crippen molar-refractivity contribution in [2.75, 3.05) is 7.11 Å². The number of methoxy groups -OCH3 is 1. The minimum absolute atomic E-state index is 0.648. The van der Waals surface area contributed by atoms with E-state index in [0.29, 0.717) is 6.54 Å². The van der Waals surface area contributed by atoms with Gasteiger partial charge in [0.05, 0.1) is 37.6 Å². The number of nitrogens with zero attached hydrogens (tertiary/aromatic N) is 3. The molecule has 1 aliphatic heterocycles. The average Bonchev–Trinajstić information content (AvgIpc) is 2.93. The molecule has 5 nitrogen and oxygen atoms in total. The van der Waals surface area contributed by atoms with Crippen molar-refractivity contribution in [2.24, 2.45) is 9.98 Å². The minimum Gasteiger partial charge on any atom is -0.497 e. The van der Waals surface area contributed by atoms with Gasteiger partial charge in [-0.15, -0.1) is 0 Å². The van der Waals surface area contributed by atoms with Crippen molar-refractivity contribution in [3.8, 4) is 5.75 Å². The van der Waals surface area contributed by atoms with E-state index in [2.05, 4.69) is 20.0 Å². The number of nitrogens with one attached hydrogen (secondary N) is 1. The molecule has 19 heavy (non-hydrogen) atoms. The van der Waals surface area contributed by atoms with Gasteiger partial charge in [-0.05, 0) is 17.7 Å². The molecule has 96 valence electrons. The summed E-state index contributed by atoms with van der Waals surface area (Å²) in [6.07, 6.45) is 4.20. The standard InChI is InChI=1S/C14H14N4O/c1-19-12-4-2-10(3-5-12)7-15-11-6-13-14(16-8-11)18-9-17-13/h2-5,8-9H,6-7H2,1H3,(H,17,18). The summed E-state index contributed by atoms with van der Waals surface area (Å²) in [6.45, 7) is 0.648. The van der Waals surface area contributed by atoms with Gasteiger partial charge in [0, 0.05) is 6.42 Å². The van der Waals surface area contributed by atoms with Gasteiger partial charge in [-0.2, -0.15) is 0 Å². The molecule has 0 unspecified atom stereocenters. The molecule has 0 bridgehead atoms. The van der Waals surface area contributed by atoms with Gasteiger partial charge in [-0.25, -0.2) is 9.98 Å². The van der Waals surface area contributed by atoms with E-state index < -0.39 is 0 Å². The third kappa shape index (κ3) is 2.54. The summed E-state index contributed by atoms with van der Waals surface area (Å²) in [5.74, 6) is 1.63. The van der Waals surface area contributed by atoms with E-state index in [0.717, 1.165) is 35.0 Å². The summed E-state index contributed by atoms with van der Waals surface area (Å²) >= 11 is 0. The maximum Gasteiger partial charge on any atom is 0.173 e. The van der Waals surface area contributed by atoms with E-state index in [1.54, 1.807) is 19.7 Å². The van der Waals surface area contributed by atoms with Crippen molar-refractivity contribution >= 4 is 17.7 Å². The second-order valence-corrected chi connectivity index (χ2v) is 4.30. The normalized spacial score (nSPS) is 15.5. The zero-order valence-electron chi connectivity index (χ0n) is 10.6. The van der Waals surface area contributed by atoms with E-state index in [4.69, 9.17) is 4.74 Å². The number of rotatable bonds is 3. The molecule has 3 rings (SSSR count). The molecule has 1 aromatic heterocycles. The van der Waals surface area contributed by atoms with Crippen molar-refractivity contribution in [1.82, 2.24) is 9.97 Å². The number of benzene rings is 1. The van der Waals surface area contributed by atoms with Crippen LogP contribution in [0, 0.1) is 0 Å². The van der Waals surface area contributed by atoms with Gasteiger partial charge in [0.25, 0.3) is 0 Å². The average molecular weight is 254 g/mol. The predicted molar refractivity (Wildman–Crippen MR) is 74.6 cm³/mol. The molecule has 1 N–H and O–H groups in total. The Labute approximate surface area is 111 Å². The second-order valence-electron chi connectivity index (χ2n) is 4.30. The third-order valence-electron chi connectivity index (χ3n) is 3.01. The summed E-state index contributed by atoms with van der Waals surface area (Å²) in [5.41, 5.74) is 3.14. The van der Waals surface area contributed by atoms with Gasteiger partial charge >= 0.3 is 0 Å². The highest BCUT2D eigenvalue weighted by Gasteiger charge is 2.11. The third-order valence-corrected chi connectivity index (χ3v) is 3.01. The van der Waals surface area contributed by atoms with E-state index in [9.17, 15) is 0 Å². The predicted octanol–water partition coefficient (Wildman–Crippen LogP) is 2.32. The molecule has 0 radical (unpaired) electrons. The van der Waals surface area contributed by atoms with Crippen LogP contribution >= 0.6 is 0 Å². The highest BCUT2D eigenvalue weighted by atomic mass is 16.5. The summed E-state index contributed by atoms with van der Waals surface area (Å²) in [5, 5.41) is 0. The Morgan fingerprint density at radius 1 is 1.32 bits per heavy atom. The van der Waals surface area contributed by atoms with Gasteiger partial charge in [-0.1, -0.05) is 12.1 Å². The topological polar surface area (TPSA) is 62.6 Å². The van der Waals surface area contributed by atoms with E-state index in [1.807, 2.05) is 24.3 Å². The van der Waals surface area contributed by atoms with Crippen molar-refractivity contribution in [3.05, 3.63) is 41.9 Å². The molecule has 1 aromatic carbocycles. The number of hydrogen-bond donors (Lipinski definition) is 1. The first kappa shape index (κ1) is 11.6. The molecule has 0 saturated heterocycles. The van der Waals surface area contributed by atoms with E-state index in [1.165, 1.54) is 0 Å². The number of ether oxygens (including phenoxy) is 1. The molecule has 5 heteroatoms. The number of fused-ring (bicyclic) bond motifs is 1. The molecule has 0 aliphatic carbocycles. The fraction of sp³-hybridized carbons (Fsp3) is 0.214. The van der Waals surface area contributed by atoms with Crippen LogP contribution in [0.2, 0.25) is 0 Å². The number of aromatic nitrogens is 2. The molecule has 0 saturated carbocycles. The van der Waals surface area contributed by atoms with Gasteiger partial charge < -0.3 is 9.72 Å². The Hall–Kier alpha value is -2.43. The van der Waals surface area contributed by atoms with Crippen LogP contribution in [0.5, 0.6) is 5.75 Å². The van der Waals surface area contributed by atoms with Crippen LogP contribution in [0.3, 0.4) is 0 Å². The Balaban J connectivity index is 1.70. The van der Waals surface area contributed by atoms with Crippen molar-refractivity contribution in [1.29, 1.82) is 0 Å². The second kappa shape index (κ2) is 5.06. The summed E-state index contributed by atoms with van der Waals surface area (Å²) in [4.78, 5) is 16.0. The fourth-order valence-corrected chi connectivity index (χ4v) is 1.94. The lowest BCUT2D eigenvalue weighted by molar-refractivity contribution is 0.414. The van der Waals surface area contributed by atoms with Crippen LogP contribution in [-0.4, -0.2) is 29.0 Å². The molecular formula is C14H14N4O. The fourth-order valence-electron chi connectivity index (χ4n) is 1.94. The zero-order valence-corrected chi connectivity index (χ0v) is 10.6. The lowest BCUT2D eigenvalue weighted by Crippen LogP contribution is -2.09. The Bertz CT molecular complexity index is 625. The van der Waals surface area contributed by atoms with Crippen LogP contribution in [0.25, 0.3) is 0 Å². The van der Waals surface area contributed by atoms with Crippen LogP contribution in [0.15, 0.2) is 40.6 Å². The highest BCUT2D eigenvalue weighted by Crippen LogP contribution is 2.18. The van der Waals surface area contributed by atoms with Crippen molar-refractivity contribution in [2.45, 2.75) is 13.0 Å². The van der Waals surface area contributed by atoms with Crippen LogP contribution in [0.4, 0.5) is 5.82 Å². The quantitative estimate of drug-likeness (QED) is 0.913. The van der Waals surface area contributed by atoms with Gasteiger partial charge in [0.2, 0.25) is 0 Å². The molecule has 2 aromatic rings. The highest BCUT2D eigenvalue weighted by molar-refractivity contribution is 6.32. The monoisotopic (exact) mass is 254 g/mol. The van der Waals surface area contributed by atoms with Crippen LogP contribution < -0.4 is 4.74 Å². The minimum atomic E-state index is 0.648. The number of aliphatic imine (C=N–C) groups is 2. The van der Waals surface area contributed by atoms with Gasteiger partial charge in [0.15, 0.2) is 5.82 Å². The number of hydrogen-bond acceptors (Lipinski definition) is 4. The van der Waals surface area contributed by atoms with Crippen molar-refractivity contribution < 1.29 is 4.74 Å². The van der Waals surface area contributed by atoms with Gasteiger partial charge in [-0.3, -0.25) is 4.99 Å². The van der Waals surface area contributed by atoms with Crippen molar-refractivity contribution in [3.63, 3.8) is 0 Å². The van der Waals surface area contributed by atoms with Crippen LogP contribution in [-0.2, 0) is 13.0 Å². The molecule has 0 amide bonds. The Kier molecular flexibility index (Phi) is 3.10. The zero-order chi connectivity index (χ0) is 13.1. The molecule has 0 fully saturated rings. The smallest absolute Gasteiger partial charge is 0.173 e. The molecule has 0 spiro atoms. The molecule has 1 aliphatic rings. The molecule has 2 heterocycles. The number of H-pyrrole nitrogens is 1. The Morgan fingerprint density at radius 3 is 2.95 bits per heavy atom. The first-order chi connectivity index (χ1) is 9.35. The lowest BCUT2D eigenvalue weighted by Gasteiger charge is -2.06. The van der Waals surface area contributed by atoms with Gasteiger partial charge in [0.1, 0.15) is 5.75 Å². The summed E-state index contributed by atoms with van der Waals surface area (Å²) in [7, 11) is 1.66. The Morgan fingerprint density at radius 2 is 2.16 bits per heavy atom. The number of aromatic amines is 1. The van der Waals surface area contributed by atoms with E-state index in [-0.39, 0.29) is 0 Å². The number of imidazole rings is 1. The summed E-state index contributed by atoms with van der Waals surface area (Å²) in [6, 6.07) is 7.92.